The molecule has 1 unspecified atom stereocenters. The fourth-order valence-electron chi connectivity index (χ4n) is 7.11. The summed E-state index contributed by atoms with van der Waals surface area (Å²) in [6, 6.07) is 0. The molecule has 1 atom stereocenters. The summed E-state index contributed by atoms with van der Waals surface area (Å²) in [5.41, 5.74) is 0. The molecule has 0 radical (unpaired) electrons. The average Bonchev–Trinajstić information content (AvgIpc) is 3.28. The minimum Gasteiger partial charge on any atom is -0.462 e. The number of carbonyl (C=O) groups is 3. The largest absolute Gasteiger partial charge is 0.462 e. The van der Waals surface area contributed by atoms with Gasteiger partial charge in [-0.15, -0.1) is 0 Å². The molecule has 0 aromatic heterocycles. The predicted octanol–water partition coefficient (Wildman–Crippen LogP) is 17.4. The van der Waals surface area contributed by atoms with Crippen LogP contribution in [0.1, 0.15) is 252 Å². The smallest absolute Gasteiger partial charge is 0.306 e. The maximum atomic E-state index is 12.8. The molecule has 0 spiro atoms. The molecule has 0 saturated carbocycles. The second kappa shape index (κ2) is 51.5. The van der Waals surface area contributed by atoms with Gasteiger partial charge in [-0.25, -0.2) is 0 Å². The van der Waals surface area contributed by atoms with E-state index in [0.717, 1.165) is 135 Å². The monoisotopic (exact) mass is 879 g/mol. The highest BCUT2D eigenvalue weighted by atomic mass is 16.6. The summed E-state index contributed by atoms with van der Waals surface area (Å²) in [5, 5.41) is 0. The Morgan fingerprint density at radius 2 is 0.587 bits per heavy atom. The van der Waals surface area contributed by atoms with Crippen molar-refractivity contribution in [2.45, 2.75) is 258 Å². The van der Waals surface area contributed by atoms with Crippen molar-refractivity contribution < 1.29 is 28.6 Å². The molecule has 0 aliphatic heterocycles. The van der Waals surface area contributed by atoms with Crippen LogP contribution in [0, 0.1) is 0 Å². The molecule has 0 bridgehead atoms. The molecule has 0 rings (SSSR count). The van der Waals surface area contributed by atoms with Crippen molar-refractivity contribution in [3.8, 4) is 0 Å². The Morgan fingerprint density at radius 3 is 0.952 bits per heavy atom. The molecule has 0 aliphatic carbocycles. The second-order valence-corrected chi connectivity index (χ2v) is 17.4. The lowest BCUT2D eigenvalue weighted by Gasteiger charge is -2.18. The lowest BCUT2D eigenvalue weighted by Crippen LogP contribution is -2.30. The Kier molecular flexibility index (Phi) is 48.9. The van der Waals surface area contributed by atoms with E-state index in [1.807, 2.05) is 0 Å². The SMILES string of the molecule is CCCC/C=C\C/C=C\CCCCCCCC(=O)OCC(COC(=O)CCCCCCC/C=C\C/C=C\CCCCCC)OC(=O)CCCCCCC/C=C\C/C=C\CCCCC. The van der Waals surface area contributed by atoms with Gasteiger partial charge in [0.05, 0.1) is 0 Å². The van der Waals surface area contributed by atoms with Gasteiger partial charge in [0, 0.05) is 19.3 Å². The first-order valence-electron chi connectivity index (χ1n) is 26.4. The normalized spacial score (nSPS) is 12.6. The molecule has 63 heavy (non-hydrogen) atoms. The van der Waals surface area contributed by atoms with Gasteiger partial charge in [0.2, 0.25) is 0 Å². The molecule has 0 aliphatic rings. The van der Waals surface area contributed by atoms with Gasteiger partial charge < -0.3 is 14.2 Å². The summed E-state index contributed by atoms with van der Waals surface area (Å²) in [6.45, 7) is 6.52. The average molecular weight is 879 g/mol. The third kappa shape index (κ3) is 49.7. The highest BCUT2D eigenvalue weighted by Crippen LogP contribution is 2.13. The van der Waals surface area contributed by atoms with Crippen LogP contribution in [-0.4, -0.2) is 37.2 Å². The molecular weight excluding hydrogens is 781 g/mol. The van der Waals surface area contributed by atoms with Crippen molar-refractivity contribution in [2.75, 3.05) is 13.2 Å². The zero-order valence-corrected chi connectivity index (χ0v) is 41.3. The van der Waals surface area contributed by atoms with Crippen molar-refractivity contribution >= 4 is 17.9 Å². The van der Waals surface area contributed by atoms with E-state index in [1.54, 1.807) is 0 Å². The number of esters is 3. The highest BCUT2D eigenvalue weighted by Gasteiger charge is 2.19. The number of hydrogen-bond donors (Lipinski definition) is 0. The van der Waals surface area contributed by atoms with E-state index in [1.165, 1.54) is 77.0 Å². The van der Waals surface area contributed by atoms with Crippen LogP contribution in [0.2, 0.25) is 0 Å². The standard InChI is InChI=1S/C57H98O6/c1-4-7-10-13-16-19-22-25-28-30-32-35-38-41-44-47-50-56(59)62-53-54(52-61-55(58)49-46-43-40-37-34-31-27-24-21-18-15-12-9-6-3)63-57(60)51-48-45-42-39-36-33-29-26-23-20-17-14-11-8-5-2/h15,17-20,22,24,26-30,54H,4-14,16,21,23,25,31-53H2,1-3H3/b18-15-,20-17-,22-19-,27-24-,29-26-,30-28-. The van der Waals surface area contributed by atoms with Crippen LogP contribution in [0.5, 0.6) is 0 Å². The first kappa shape index (κ1) is 59.9. The highest BCUT2D eigenvalue weighted by molar-refractivity contribution is 5.71. The van der Waals surface area contributed by atoms with Gasteiger partial charge in [0.25, 0.3) is 0 Å². The van der Waals surface area contributed by atoms with Gasteiger partial charge in [-0.1, -0.05) is 196 Å². The topological polar surface area (TPSA) is 78.9 Å². The van der Waals surface area contributed by atoms with E-state index in [2.05, 4.69) is 93.7 Å². The summed E-state index contributed by atoms with van der Waals surface area (Å²) in [4.78, 5) is 38.0. The first-order valence-corrected chi connectivity index (χ1v) is 26.4. The minimum absolute atomic E-state index is 0.0933. The van der Waals surface area contributed by atoms with Gasteiger partial charge in [0.15, 0.2) is 6.10 Å². The van der Waals surface area contributed by atoms with Gasteiger partial charge in [-0.05, 0) is 109 Å². The van der Waals surface area contributed by atoms with Crippen LogP contribution >= 0.6 is 0 Å². The number of hydrogen-bond acceptors (Lipinski definition) is 6. The van der Waals surface area contributed by atoms with Gasteiger partial charge in [-0.2, -0.15) is 0 Å². The molecule has 0 aromatic rings. The molecule has 0 fully saturated rings. The molecule has 6 heteroatoms. The Morgan fingerprint density at radius 1 is 0.317 bits per heavy atom. The summed E-state index contributed by atoms with van der Waals surface area (Å²) in [6.07, 6.45) is 64.5. The fourth-order valence-corrected chi connectivity index (χ4v) is 7.11. The zero-order chi connectivity index (χ0) is 45.8. The van der Waals surface area contributed by atoms with Gasteiger partial charge in [-0.3, -0.25) is 14.4 Å². The Hall–Kier alpha value is -3.15. The molecule has 6 nitrogen and oxygen atoms in total. The second-order valence-electron chi connectivity index (χ2n) is 17.4. The van der Waals surface area contributed by atoms with E-state index in [0.29, 0.717) is 19.3 Å². The Bertz CT molecular complexity index is 1190. The number of unbranched alkanes of at least 4 members (excludes halogenated alkanes) is 24. The lowest BCUT2D eigenvalue weighted by molar-refractivity contribution is -0.167. The number of ether oxygens (including phenoxy) is 3. The van der Waals surface area contributed by atoms with Crippen LogP contribution in [0.25, 0.3) is 0 Å². The summed E-state index contributed by atoms with van der Waals surface area (Å²) in [7, 11) is 0. The molecule has 362 valence electrons. The van der Waals surface area contributed by atoms with Crippen LogP contribution in [0.4, 0.5) is 0 Å². The summed E-state index contributed by atoms with van der Waals surface area (Å²) in [5.74, 6) is -0.932. The molecule has 0 amide bonds. The van der Waals surface area contributed by atoms with Crippen molar-refractivity contribution in [3.05, 3.63) is 72.9 Å². The lowest BCUT2D eigenvalue weighted by atomic mass is 10.1. The Labute approximate surface area is 389 Å². The maximum Gasteiger partial charge on any atom is 0.306 e. The molecule has 0 aromatic carbocycles. The van der Waals surface area contributed by atoms with Gasteiger partial charge >= 0.3 is 17.9 Å². The van der Waals surface area contributed by atoms with Gasteiger partial charge in [0.1, 0.15) is 13.2 Å². The van der Waals surface area contributed by atoms with E-state index >= 15 is 0 Å². The number of allylic oxidation sites excluding steroid dienone is 12. The van der Waals surface area contributed by atoms with Crippen molar-refractivity contribution in [3.63, 3.8) is 0 Å². The Balaban J connectivity index is 4.45. The van der Waals surface area contributed by atoms with Crippen LogP contribution in [0.15, 0.2) is 72.9 Å². The van der Waals surface area contributed by atoms with Crippen LogP contribution < -0.4 is 0 Å². The minimum atomic E-state index is -0.794. The first-order chi connectivity index (χ1) is 31.0. The molecular formula is C57H98O6. The third-order valence-corrected chi connectivity index (χ3v) is 11.2. The van der Waals surface area contributed by atoms with Crippen molar-refractivity contribution in [1.82, 2.24) is 0 Å². The fraction of sp³-hybridized carbons (Fsp3) is 0.737. The number of carbonyl (C=O) groups excluding carboxylic acids is 3. The van der Waals surface area contributed by atoms with Crippen molar-refractivity contribution in [1.29, 1.82) is 0 Å². The predicted molar refractivity (Wildman–Crippen MR) is 270 cm³/mol. The number of rotatable bonds is 47. The van der Waals surface area contributed by atoms with E-state index in [9.17, 15) is 14.4 Å². The quantitative estimate of drug-likeness (QED) is 0.0262. The van der Waals surface area contributed by atoms with E-state index in [-0.39, 0.29) is 31.1 Å². The zero-order valence-electron chi connectivity index (χ0n) is 41.3. The third-order valence-electron chi connectivity index (χ3n) is 11.2. The summed E-state index contributed by atoms with van der Waals surface area (Å²) >= 11 is 0. The molecule has 0 N–H and O–H groups in total. The van der Waals surface area contributed by atoms with E-state index in [4.69, 9.17) is 14.2 Å². The van der Waals surface area contributed by atoms with Crippen molar-refractivity contribution in [2.24, 2.45) is 0 Å². The molecule has 0 heterocycles. The van der Waals surface area contributed by atoms with Crippen LogP contribution in [0.3, 0.4) is 0 Å². The molecule has 0 saturated heterocycles. The van der Waals surface area contributed by atoms with E-state index < -0.39 is 6.10 Å². The summed E-state index contributed by atoms with van der Waals surface area (Å²) < 4.78 is 16.8. The van der Waals surface area contributed by atoms with Crippen LogP contribution in [-0.2, 0) is 28.6 Å². The maximum absolute atomic E-state index is 12.8.